The zero-order chi connectivity index (χ0) is 13.3. The second kappa shape index (κ2) is 9.19. The van der Waals surface area contributed by atoms with Gasteiger partial charge in [-0.3, -0.25) is 9.69 Å². The van der Waals surface area contributed by atoms with Crippen molar-refractivity contribution in [3.63, 3.8) is 0 Å². The average molecular weight is 243 g/mol. The van der Waals surface area contributed by atoms with Crippen LogP contribution < -0.4 is 0 Å². The normalized spacial score (nSPS) is 10.9. The lowest BCUT2D eigenvalue weighted by Crippen LogP contribution is -2.34. The number of rotatable bonds is 9. The summed E-state index contributed by atoms with van der Waals surface area (Å²) in [7, 11) is 0. The van der Waals surface area contributed by atoms with E-state index in [1.165, 1.54) is 11.0 Å². The largest absolute Gasteiger partial charge is 0.361 e. The minimum Gasteiger partial charge on any atom is -0.361 e. The van der Waals surface area contributed by atoms with Crippen LogP contribution in [0.25, 0.3) is 0 Å². The summed E-state index contributed by atoms with van der Waals surface area (Å²) in [5.41, 5.74) is 0. The van der Waals surface area contributed by atoms with Gasteiger partial charge >= 0.3 is 0 Å². The molecule has 0 aliphatic heterocycles. The minimum absolute atomic E-state index is 0.169. The highest BCUT2D eigenvalue weighted by Gasteiger charge is 2.10. The van der Waals surface area contributed by atoms with Crippen LogP contribution in [0, 0.1) is 11.8 Å². The Bertz CT molecular complexity index is 213. The van der Waals surface area contributed by atoms with Crippen molar-refractivity contribution in [1.29, 1.82) is 0 Å². The van der Waals surface area contributed by atoms with Crippen LogP contribution in [0.4, 0.5) is 0 Å². The molecule has 0 spiro atoms. The molecular formula is C13H25NO3. The topological polar surface area (TPSA) is 38.8 Å². The van der Waals surface area contributed by atoms with Gasteiger partial charge in [-0.1, -0.05) is 34.3 Å². The number of nitrogens with zero attached hydrogens (tertiary/aromatic N) is 1. The van der Waals surface area contributed by atoms with Gasteiger partial charge in [0.1, 0.15) is 13.5 Å². The summed E-state index contributed by atoms with van der Waals surface area (Å²) in [5.74, 6) is 0.733. The molecule has 0 aromatic heterocycles. The Hall–Kier alpha value is -0.870. The Morgan fingerprint density at radius 2 is 1.53 bits per heavy atom. The molecule has 0 N–H and O–H groups in total. The smallest absolute Gasteiger partial charge is 0.249 e. The van der Waals surface area contributed by atoms with Crippen molar-refractivity contribution in [3.05, 3.63) is 12.7 Å². The number of hydrogen-bond donors (Lipinski definition) is 0. The van der Waals surface area contributed by atoms with Gasteiger partial charge in [-0.15, -0.1) is 0 Å². The lowest BCUT2D eigenvalue weighted by atomic mass is 10.2. The van der Waals surface area contributed by atoms with E-state index in [-0.39, 0.29) is 19.4 Å². The second-order valence-electron chi connectivity index (χ2n) is 4.87. The van der Waals surface area contributed by atoms with Gasteiger partial charge in [-0.05, 0) is 17.9 Å². The van der Waals surface area contributed by atoms with Crippen LogP contribution in [0.1, 0.15) is 27.7 Å². The number of ether oxygens (including phenoxy) is 2. The van der Waals surface area contributed by atoms with Crippen LogP contribution in [0.15, 0.2) is 12.7 Å². The highest BCUT2D eigenvalue weighted by Crippen LogP contribution is 1.99. The SMILES string of the molecule is C=CC(=O)N(COCC(C)C)COCC(C)C. The first-order chi connectivity index (χ1) is 7.97. The van der Waals surface area contributed by atoms with Gasteiger partial charge in [-0.2, -0.15) is 0 Å². The molecule has 0 unspecified atom stereocenters. The maximum atomic E-state index is 11.5. The lowest BCUT2D eigenvalue weighted by molar-refractivity contribution is -0.140. The molecule has 0 saturated carbocycles. The predicted molar refractivity (Wildman–Crippen MR) is 68.4 cm³/mol. The number of carbonyl (C=O) groups excluding carboxylic acids is 1. The molecule has 0 saturated heterocycles. The molecule has 4 nitrogen and oxygen atoms in total. The van der Waals surface area contributed by atoms with E-state index in [4.69, 9.17) is 9.47 Å². The van der Waals surface area contributed by atoms with E-state index in [0.717, 1.165) is 0 Å². The Balaban J connectivity index is 3.97. The van der Waals surface area contributed by atoms with Crippen molar-refractivity contribution in [2.24, 2.45) is 11.8 Å². The molecule has 1 amide bonds. The van der Waals surface area contributed by atoms with E-state index in [1.807, 2.05) is 0 Å². The monoisotopic (exact) mass is 243 g/mol. The average Bonchev–Trinajstić information content (AvgIpc) is 2.25. The summed E-state index contributed by atoms with van der Waals surface area (Å²) in [6, 6.07) is 0. The van der Waals surface area contributed by atoms with Crippen molar-refractivity contribution in [1.82, 2.24) is 4.90 Å². The first-order valence-corrected chi connectivity index (χ1v) is 6.04. The molecule has 17 heavy (non-hydrogen) atoms. The van der Waals surface area contributed by atoms with E-state index in [0.29, 0.717) is 25.0 Å². The van der Waals surface area contributed by atoms with E-state index in [9.17, 15) is 4.79 Å². The first kappa shape index (κ1) is 16.1. The van der Waals surface area contributed by atoms with Crippen molar-refractivity contribution < 1.29 is 14.3 Å². The van der Waals surface area contributed by atoms with E-state index in [2.05, 4.69) is 34.3 Å². The summed E-state index contributed by atoms with van der Waals surface area (Å²) >= 11 is 0. The van der Waals surface area contributed by atoms with E-state index >= 15 is 0 Å². The minimum atomic E-state index is -0.169. The van der Waals surface area contributed by atoms with Crippen LogP contribution in [-0.4, -0.2) is 37.5 Å². The maximum Gasteiger partial charge on any atom is 0.249 e. The Morgan fingerprint density at radius 3 is 1.82 bits per heavy atom. The molecule has 0 fully saturated rings. The van der Waals surface area contributed by atoms with Gasteiger partial charge in [0.05, 0.1) is 13.2 Å². The molecule has 0 radical (unpaired) electrons. The summed E-state index contributed by atoms with van der Waals surface area (Å²) in [5, 5.41) is 0. The fourth-order valence-corrected chi connectivity index (χ4v) is 1.09. The molecule has 0 rings (SSSR count). The molecule has 0 aliphatic rings. The first-order valence-electron chi connectivity index (χ1n) is 6.04. The van der Waals surface area contributed by atoms with Gasteiger partial charge in [0.2, 0.25) is 5.91 Å². The Morgan fingerprint density at radius 1 is 1.12 bits per heavy atom. The molecule has 100 valence electrons. The molecule has 0 heterocycles. The fourth-order valence-electron chi connectivity index (χ4n) is 1.09. The number of carbonyl (C=O) groups is 1. The standard InChI is InChI=1S/C13H25NO3/c1-6-13(15)14(9-16-7-11(2)3)10-17-8-12(4)5/h6,11-12H,1,7-10H2,2-5H3. The van der Waals surface area contributed by atoms with Crippen molar-refractivity contribution in [2.75, 3.05) is 26.7 Å². The molecule has 0 aromatic carbocycles. The van der Waals surface area contributed by atoms with E-state index in [1.54, 1.807) is 0 Å². The summed E-state index contributed by atoms with van der Waals surface area (Å²) < 4.78 is 10.8. The Kier molecular flexibility index (Phi) is 8.72. The van der Waals surface area contributed by atoms with Gasteiger partial charge in [0.25, 0.3) is 0 Å². The van der Waals surface area contributed by atoms with Crippen LogP contribution >= 0.6 is 0 Å². The van der Waals surface area contributed by atoms with Crippen LogP contribution in [0.3, 0.4) is 0 Å². The van der Waals surface area contributed by atoms with Crippen molar-refractivity contribution in [3.8, 4) is 0 Å². The quantitative estimate of drug-likeness (QED) is 0.460. The molecule has 0 atom stereocenters. The summed E-state index contributed by atoms with van der Waals surface area (Å²) in [6.45, 7) is 13.5. The second-order valence-corrected chi connectivity index (χ2v) is 4.87. The fraction of sp³-hybridized carbons (Fsp3) is 0.769. The molecule has 4 heteroatoms. The lowest BCUT2D eigenvalue weighted by Gasteiger charge is -2.22. The van der Waals surface area contributed by atoms with Crippen molar-refractivity contribution >= 4 is 5.91 Å². The van der Waals surface area contributed by atoms with Crippen LogP contribution in [0.2, 0.25) is 0 Å². The Labute approximate surface area is 105 Å². The molecule has 0 aromatic rings. The van der Waals surface area contributed by atoms with Gasteiger partial charge in [-0.25, -0.2) is 0 Å². The van der Waals surface area contributed by atoms with Gasteiger partial charge in [0.15, 0.2) is 0 Å². The molecule has 0 aliphatic carbocycles. The zero-order valence-corrected chi connectivity index (χ0v) is 11.4. The number of hydrogen-bond acceptors (Lipinski definition) is 3. The third kappa shape index (κ3) is 8.89. The third-order valence-electron chi connectivity index (χ3n) is 1.88. The van der Waals surface area contributed by atoms with Gasteiger partial charge < -0.3 is 9.47 Å². The molecule has 0 bridgehead atoms. The van der Waals surface area contributed by atoms with Gasteiger partial charge in [0, 0.05) is 0 Å². The van der Waals surface area contributed by atoms with Crippen molar-refractivity contribution in [2.45, 2.75) is 27.7 Å². The summed E-state index contributed by atoms with van der Waals surface area (Å²) in [6.07, 6.45) is 1.28. The summed E-state index contributed by atoms with van der Waals surface area (Å²) in [4.78, 5) is 13.0. The highest BCUT2D eigenvalue weighted by atomic mass is 16.5. The van der Waals surface area contributed by atoms with Crippen LogP contribution in [-0.2, 0) is 14.3 Å². The zero-order valence-electron chi connectivity index (χ0n) is 11.4. The number of amides is 1. The third-order valence-corrected chi connectivity index (χ3v) is 1.88. The highest BCUT2D eigenvalue weighted by molar-refractivity contribution is 5.86. The predicted octanol–water partition coefficient (Wildman–Crippen LogP) is 2.26. The maximum absolute atomic E-state index is 11.5. The van der Waals surface area contributed by atoms with Crippen LogP contribution in [0.5, 0.6) is 0 Å². The van der Waals surface area contributed by atoms with E-state index < -0.39 is 0 Å². The molecular weight excluding hydrogens is 218 g/mol.